The first kappa shape index (κ1) is 13.8. The molecule has 0 saturated heterocycles. The van der Waals surface area contributed by atoms with Crippen LogP contribution < -0.4 is 5.32 Å². The lowest BCUT2D eigenvalue weighted by molar-refractivity contribution is 0.492. The first-order valence-corrected chi connectivity index (χ1v) is 6.81. The van der Waals surface area contributed by atoms with Crippen LogP contribution in [0, 0.1) is 13.8 Å². The van der Waals surface area contributed by atoms with E-state index in [0.717, 1.165) is 0 Å². The van der Waals surface area contributed by atoms with Crippen molar-refractivity contribution in [3.8, 4) is 0 Å². The van der Waals surface area contributed by atoms with Gasteiger partial charge in [-0.2, -0.15) is 0 Å². The van der Waals surface area contributed by atoms with Gasteiger partial charge in [0.25, 0.3) is 0 Å². The molecule has 1 unspecified atom stereocenters. The minimum atomic E-state index is 0.295. The van der Waals surface area contributed by atoms with E-state index in [2.05, 4.69) is 62.3 Å². The van der Waals surface area contributed by atoms with Crippen molar-refractivity contribution in [3.63, 3.8) is 0 Å². The quantitative estimate of drug-likeness (QED) is 0.888. The molecular formula is C17H22N2. The minimum absolute atomic E-state index is 0.295. The van der Waals surface area contributed by atoms with Crippen LogP contribution in [-0.2, 0) is 0 Å². The Balaban J connectivity index is 2.13. The Morgan fingerprint density at radius 1 is 1.05 bits per heavy atom. The van der Waals surface area contributed by atoms with E-state index in [1.54, 1.807) is 0 Å². The van der Waals surface area contributed by atoms with Crippen LogP contribution in [0.15, 0.2) is 42.7 Å². The van der Waals surface area contributed by atoms with Crippen molar-refractivity contribution < 1.29 is 0 Å². The Morgan fingerprint density at radius 3 is 2.53 bits per heavy atom. The third-order valence-electron chi connectivity index (χ3n) is 3.59. The number of pyridine rings is 1. The molecule has 100 valence electrons. The van der Waals surface area contributed by atoms with E-state index in [4.69, 9.17) is 0 Å². The summed E-state index contributed by atoms with van der Waals surface area (Å²) in [5, 5.41) is 3.64. The second-order valence-corrected chi connectivity index (χ2v) is 5.26. The van der Waals surface area contributed by atoms with Crippen molar-refractivity contribution in [2.75, 3.05) is 0 Å². The summed E-state index contributed by atoms with van der Waals surface area (Å²) >= 11 is 0. The molecule has 0 aliphatic carbocycles. The molecule has 2 aromatic rings. The highest BCUT2D eigenvalue weighted by Gasteiger charge is 2.13. The largest absolute Gasteiger partial charge is 0.304 e. The molecule has 0 bridgehead atoms. The Kier molecular flexibility index (Phi) is 4.33. The third-order valence-corrected chi connectivity index (χ3v) is 3.59. The Bertz CT molecular complexity index is 534. The van der Waals surface area contributed by atoms with E-state index < -0.39 is 0 Å². The van der Waals surface area contributed by atoms with Gasteiger partial charge in [0.1, 0.15) is 0 Å². The van der Waals surface area contributed by atoms with Gasteiger partial charge >= 0.3 is 0 Å². The standard InChI is InChI=1S/C17H22N2/c1-12-7-8-13(2)17(10-12)15(4)19-14(3)16-6-5-9-18-11-16/h5-11,14-15,19H,1-4H3/t14-,15?/m0/s1. The molecular weight excluding hydrogens is 232 g/mol. The van der Waals surface area contributed by atoms with Gasteiger partial charge in [0, 0.05) is 24.5 Å². The monoisotopic (exact) mass is 254 g/mol. The first-order chi connectivity index (χ1) is 9.08. The Labute approximate surface area is 115 Å². The molecule has 1 N–H and O–H groups in total. The summed E-state index contributed by atoms with van der Waals surface area (Å²) in [6.07, 6.45) is 3.73. The fourth-order valence-corrected chi connectivity index (χ4v) is 2.42. The molecule has 0 radical (unpaired) electrons. The highest BCUT2D eigenvalue weighted by Crippen LogP contribution is 2.22. The van der Waals surface area contributed by atoms with Crippen molar-refractivity contribution in [1.82, 2.24) is 10.3 Å². The summed E-state index contributed by atoms with van der Waals surface area (Å²) in [5.74, 6) is 0. The van der Waals surface area contributed by atoms with Gasteiger partial charge in [-0.25, -0.2) is 0 Å². The maximum atomic E-state index is 4.18. The van der Waals surface area contributed by atoms with Gasteiger partial charge < -0.3 is 5.32 Å². The molecule has 2 rings (SSSR count). The average Bonchev–Trinajstić information content (AvgIpc) is 2.42. The molecule has 0 spiro atoms. The molecule has 2 atom stereocenters. The Hall–Kier alpha value is -1.67. The first-order valence-electron chi connectivity index (χ1n) is 6.81. The third kappa shape index (κ3) is 3.42. The molecule has 1 heterocycles. The fourth-order valence-electron chi connectivity index (χ4n) is 2.42. The molecule has 1 aromatic carbocycles. The van der Waals surface area contributed by atoms with Crippen LogP contribution in [0.4, 0.5) is 0 Å². The van der Waals surface area contributed by atoms with Crippen LogP contribution in [0.3, 0.4) is 0 Å². The van der Waals surface area contributed by atoms with E-state index in [1.807, 2.05) is 18.5 Å². The molecule has 0 fully saturated rings. The molecule has 2 nitrogen and oxygen atoms in total. The van der Waals surface area contributed by atoms with E-state index in [-0.39, 0.29) is 0 Å². The summed E-state index contributed by atoms with van der Waals surface area (Å²) in [4.78, 5) is 4.18. The number of aromatic nitrogens is 1. The molecule has 0 amide bonds. The highest BCUT2D eigenvalue weighted by atomic mass is 14.9. The van der Waals surface area contributed by atoms with Crippen LogP contribution >= 0.6 is 0 Å². The van der Waals surface area contributed by atoms with Gasteiger partial charge in [0.2, 0.25) is 0 Å². The highest BCUT2D eigenvalue weighted by molar-refractivity contribution is 5.33. The van der Waals surface area contributed by atoms with Crippen molar-refractivity contribution in [2.24, 2.45) is 0 Å². The molecule has 0 saturated carbocycles. The van der Waals surface area contributed by atoms with E-state index in [1.165, 1.54) is 22.3 Å². The number of hydrogen-bond donors (Lipinski definition) is 1. The number of benzene rings is 1. The van der Waals surface area contributed by atoms with Crippen molar-refractivity contribution in [1.29, 1.82) is 0 Å². The maximum absolute atomic E-state index is 4.18. The smallest absolute Gasteiger partial charge is 0.0315 e. The molecule has 19 heavy (non-hydrogen) atoms. The van der Waals surface area contributed by atoms with E-state index in [0.29, 0.717) is 12.1 Å². The summed E-state index contributed by atoms with van der Waals surface area (Å²) in [6, 6.07) is 11.3. The van der Waals surface area contributed by atoms with Crippen LogP contribution in [0.2, 0.25) is 0 Å². The maximum Gasteiger partial charge on any atom is 0.0315 e. The molecule has 2 heteroatoms. The zero-order valence-electron chi connectivity index (χ0n) is 12.1. The van der Waals surface area contributed by atoms with Gasteiger partial charge in [-0.05, 0) is 50.5 Å². The topological polar surface area (TPSA) is 24.9 Å². The summed E-state index contributed by atoms with van der Waals surface area (Å²) in [7, 11) is 0. The predicted octanol–water partition coefficient (Wildman–Crippen LogP) is 4.11. The SMILES string of the molecule is Cc1ccc(C)c(C(C)N[C@@H](C)c2cccnc2)c1. The van der Waals surface area contributed by atoms with Crippen LogP contribution in [-0.4, -0.2) is 4.98 Å². The van der Waals surface area contributed by atoms with Crippen LogP contribution in [0.1, 0.15) is 48.2 Å². The number of nitrogens with one attached hydrogen (secondary N) is 1. The molecule has 0 aliphatic rings. The zero-order valence-corrected chi connectivity index (χ0v) is 12.1. The van der Waals surface area contributed by atoms with Gasteiger partial charge in [-0.1, -0.05) is 29.8 Å². The van der Waals surface area contributed by atoms with Crippen LogP contribution in [0.5, 0.6) is 0 Å². The lowest BCUT2D eigenvalue weighted by Crippen LogP contribution is -2.23. The van der Waals surface area contributed by atoms with Crippen LogP contribution in [0.25, 0.3) is 0 Å². The second-order valence-electron chi connectivity index (χ2n) is 5.26. The van der Waals surface area contributed by atoms with Gasteiger partial charge in [-0.15, -0.1) is 0 Å². The van der Waals surface area contributed by atoms with Crippen molar-refractivity contribution in [2.45, 2.75) is 39.8 Å². The number of nitrogens with zero attached hydrogens (tertiary/aromatic N) is 1. The average molecular weight is 254 g/mol. The summed E-state index contributed by atoms with van der Waals surface area (Å²) in [6.45, 7) is 8.70. The number of rotatable bonds is 4. The molecule has 0 aliphatic heterocycles. The minimum Gasteiger partial charge on any atom is -0.304 e. The summed E-state index contributed by atoms with van der Waals surface area (Å²) < 4.78 is 0. The van der Waals surface area contributed by atoms with Gasteiger partial charge in [0.05, 0.1) is 0 Å². The van der Waals surface area contributed by atoms with E-state index >= 15 is 0 Å². The second kappa shape index (κ2) is 5.98. The van der Waals surface area contributed by atoms with Gasteiger partial charge in [0.15, 0.2) is 0 Å². The lowest BCUT2D eigenvalue weighted by Gasteiger charge is -2.22. The number of hydrogen-bond acceptors (Lipinski definition) is 2. The van der Waals surface area contributed by atoms with Crippen molar-refractivity contribution in [3.05, 3.63) is 65.0 Å². The predicted molar refractivity (Wildman–Crippen MR) is 80.1 cm³/mol. The normalized spacial score (nSPS) is 14.1. The summed E-state index contributed by atoms with van der Waals surface area (Å²) in [5.41, 5.74) is 5.24. The lowest BCUT2D eigenvalue weighted by atomic mass is 9.99. The fraction of sp³-hybridized carbons (Fsp3) is 0.353. The van der Waals surface area contributed by atoms with Crippen molar-refractivity contribution >= 4 is 0 Å². The number of aryl methyl sites for hydroxylation is 2. The zero-order chi connectivity index (χ0) is 13.8. The van der Waals surface area contributed by atoms with Gasteiger partial charge in [-0.3, -0.25) is 4.98 Å². The van der Waals surface area contributed by atoms with E-state index in [9.17, 15) is 0 Å². The molecule has 1 aromatic heterocycles. The Morgan fingerprint density at radius 2 is 1.84 bits per heavy atom.